The first-order valence-corrected chi connectivity index (χ1v) is 6.68. The zero-order valence-corrected chi connectivity index (χ0v) is 11.3. The molecule has 0 unspecified atom stereocenters. The van der Waals surface area contributed by atoms with Gasteiger partial charge in [-0.05, 0) is 48.4 Å². The van der Waals surface area contributed by atoms with Crippen molar-refractivity contribution in [3.8, 4) is 11.5 Å². The predicted octanol–water partition coefficient (Wildman–Crippen LogP) is 4.17. The average molecular weight is 264 g/mol. The third-order valence-electron chi connectivity index (χ3n) is 3.32. The van der Waals surface area contributed by atoms with Gasteiger partial charge in [0.15, 0.2) is 0 Å². The first-order valence-electron chi connectivity index (χ1n) is 6.68. The molecule has 3 rings (SSSR count). The third kappa shape index (κ3) is 2.30. The summed E-state index contributed by atoms with van der Waals surface area (Å²) in [6, 6.07) is 15.7. The fraction of sp³-hybridized carbons (Fsp3) is 0.118. The Morgan fingerprint density at radius 3 is 2.60 bits per heavy atom. The number of benzene rings is 2. The second kappa shape index (κ2) is 5.21. The van der Waals surface area contributed by atoms with Crippen LogP contribution in [0.15, 0.2) is 54.7 Å². The van der Waals surface area contributed by atoms with Gasteiger partial charge >= 0.3 is 0 Å². The zero-order chi connectivity index (χ0) is 13.9. The topological polar surface area (TPSA) is 48.1 Å². The van der Waals surface area contributed by atoms with Crippen LogP contribution in [0.1, 0.15) is 12.5 Å². The van der Waals surface area contributed by atoms with Crippen LogP contribution >= 0.6 is 0 Å². The largest absolute Gasteiger partial charge is 0.457 e. The Labute approximate surface area is 118 Å². The molecule has 3 nitrogen and oxygen atoms in total. The van der Waals surface area contributed by atoms with E-state index in [-0.39, 0.29) is 0 Å². The van der Waals surface area contributed by atoms with Crippen LogP contribution in [0.25, 0.3) is 10.9 Å². The van der Waals surface area contributed by atoms with Crippen molar-refractivity contribution in [2.24, 2.45) is 0 Å². The van der Waals surface area contributed by atoms with Crippen LogP contribution in [-0.4, -0.2) is 4.98 Å². The Morgan fingerprint density at radius 2 is 1.85 bits per heavy atom. The van der Waals surface area contributed by atoms with Gasteiger partial charge in [0.05, 0.1) is 11.2 Å². The van der Waals surface area contributed by atoms with Crippen molar-refractivity contribution in [1.82, 2.24) is 4.98 Å². The molecule has 0 spiro atoms. The van der Waals surface area contributed by atoms with Gasteiger partial charge in [-0.3, -0.25) is 4.98 Å². The molecule has 0 fully saturated rings. The van der Waals surface area contributed by atoms with Gasteiger partial charge in [0, 0.05) is 11.6 Å². The molecule has 0 saturated carbocycles. The summed E-state index contributed by atoms with van der Waals surface area (Å²) < 4.78 is 5.95. The molecule has 0 aliphatic rings. The smallest absolute Gasteiger partial charge is 0.136 e. The molecule has 2 N–H and O–H groups in total. The van der Waals surface area contributed by atoms with E-state index in [1.807, 2.05) is 36.4 Å². The Hall–Kier alpha value is -2.55. The number of ether oxygens (including phenoxy) is 1. The molecule has 0 radical (unpaired) electrons. The fourth-order valence-corrected chi connectivity index (χ4v) is 2.18. The van der Waals surface area contributed by atoms with E-state index in [2.05, 4.69) is 24.0 Å². The summed E-state index contributed by atoms with van der Waals surface area (Å²) in [5, 5.41) is 0.923. The maximum absolute atomic E-state index is 5.95. The molecule has 1 aromatic heterocycles. The van der Waals surface area contributed by atoms with Gasteiger partial charge in [-0.25, -0.2) is 0 Å². The Bertz CT molecular complexity index is 736. The molecule has 3 aromatic rings. The summed E-state index contributed by atoms with van der Waals surface area (Å²) in [7, 11) is 0. The minimum absolute atomic E-state index is 0.661. The second-order valence-corrected chi connectivity index (χ2v) is 4.65. The van der Waals surface area contributed by atoms with Crippen molar-refractivity contribution >= 4 is 16.6 Å². The molecule has 0 amide bonds. The van der Waals surface area contributed by atoms with E-state index in [4.69, 9.17) is 10.5 Å². The van der Waals surface area contributed by atoms with Crippen molar-refractivity contribution in [2.45, 2.75) is 13.3 Å². The highest BCUT2D eigenvalue weighted by molar-refractivity contribution is 5.93. The quantitative estimate of drug-likeness (QED) is 0.722. The number of aryl methyl sites for hydroxylation is 1. The minimum Gasteiger partial charge on any atom is -0.457 e. The van der Waals surface area contributed by atoms with Crippen LogP contribution in [0.3, 0.4) is 0 Å². The number of anilines is 1. The molecule has 1 heterocycles. The van der Waals surface area contributed by atoms with Crippen molar-refractivity contribution in [3.63, 3.8) is 0 Å². The van der Waals surface area contributed by atoms with E-state index < -0.39 is 0 Å². The van der Waals surface area contributed by atoms with Gasteiger partial charge in [0.25, 0.3) is 0 Å². The van der Waals surface area contributed by atoms with Crippen molar-refractivity contribution in [1.29, 1.82) is 0 Å². The summed E-state index contributed by atoms with van der Waals surface area (Å²) in [4.78, 5) is 4.31. The Morgan fingerprint density at radius 1 is 1.05 bits per heavy atom. The van der Waals surface area contributed by atoms with Crippen LogP contribution in [0.5, 0.6) is 11.5 Å². The first kappa shape index (κ1) is 12.5. The molecule has 20 heavy (non-hydrogen) atoms. The van der Waals surface area contributed by atoms with Crippen LogP contribution < -0.4 is 10.5 Å². The molecule has 0 atom stereocenters. The molecule has 100 valence electrons. The molecule has 2 aromatic carbocycles. The van der Waals surface area contributed by atoms with E-state index in [1.54, 1.807) is 6.20 Å². The Kier molecular flexibility index (Phi) is 3.25. The number of rotatable bonds is 3. The van der Waals surface area contributed by atoms with Crippen LogP contribution in [-0.2, 0) is 6.42 Å². The summed E-state index contributed by atoms with van der Waals surface area (Å²) in [5.74, 6) is 1.59. The number of pyridine rings is 1. The first-order chi connectivity index (χ1) is 9.78. The number of nitrogens with zero attached hydrogens (tertiary/aromatic N) is 1. The number of fused-ring (bicyclic) bond motifs is 1. The minimum atomic E-state index is 0.661. The highest BCUT2D eigenvalue weighted by atomic mass is 16.5. The summed E-state index contributed by atoms with van der Waals surface area (Å²) >= 11 is 0. The van der Waals surface area contributed by atoms with Crippen molar-refractivity contribution in [3.05, 3.63) is 60.3 Å². The average Bonchev–Trinajstić information content (AvgIpc) is 2.51. The van der Waals surface area contributed by atoms with E-state index in [1.165, 1.54) is 5.56 Å². The molecule has 0 bridgehead atoms. The number of nitrogen functional groups attached to an aromatic ring is 1. The lowest BCUT2D eigenvalue weighted by atomic mass is 10.1. The molecule has 0 aliphatic heterocycles. The fourth-order valence-electron chi connectivity index (χ4n) is 2.18. The van der Waals surface area contributed by atoms with Crippen molar-refractivity contribution in [2.75, 3.05) is 5.73 Å². The predicted molar refractivity (Wildman–Crippen MR) is 82.0 cm³/mol. The van der Waals surface area contributed by atoms with Gasteiger partial charge < -0.3 is 10.5 Å². The van der Waals surface area contributed by atoms with Crippen molar-refractivity contribution < 1.29 is 4.74 Å². The third-order valence-corrected chi connectivity index (χ3v) is 3.32. The van der Waals surface area contributed by atoms with Gasteiger partial charge in [-0.15, -0.1) is 0 Å². The van der Waals surface area contributed by atoms with E-state index in [0.29, 0.717) is 5.69 Å². The lowest BCUT2D eigenvalue weighted by molar-refractivity contribution is 0.488. The highest BCUT2D eigenvalue weighted by Crippen LogP contribution is 2.31. The van der Waals surface area contributed by atoms with Crippen LogP contribution in [0, 0.1) is 0 Å². The van der Waals surface area contributed by atoms with Gasteiger partial charge in [-0.2, -0.15) is 0 Å². The monoisotopic (exact) mass is 264 g/mol. The maximum atomic E-state index is 5.95. The normalized spacial score (nSPS) is 10.7. The maximum Gasteiger partial charge on any atom is 0.136 e. The number of hydrogen-bond donors (Lipinski definition) is 1. The van der Waals surface area contributed by atoms with E-state index in [9.17, 15) is 0 Å². The molecule has 3 heteroatoms. The summed E-state index contributed by atoms with van der Waals surface area (Å²) in [5.41, 5.74) is 8.67. The summed E-state index contributed by atoms with van der Waals surface area (Å²) in [6.45, 7) is 2.13. The van der Waals surface area contributed by atoms with E-state index in [0.717, 1.165) is 28.8 Å². The number of nitrogens with two attached hydrogens (primary N) is 1. The number of hydrogen-bond acceptors (Lipinski definition) is 3. The SMILES string of the molecule is CCc1ccc(Oc2ccc(N)c3ncccc23)cc1. The lowest BCUT2D eigenvalue weighted by Gasteiger charge is -2.10. The van der Waals surface area contributed by atoms with Gasteiger partial charge in [0.1, 0.15) is 11.5 Å². The standard InChI is InChI=1S/C17H16N2O/c1-2-12-5-7-13(8-6-12)20-16-10-9-15(18)17-14(16)4-3-11-19-17/h3-11H,2,18H2,1H3. The number of aromatic nitrogens is 1. The van der Waals surface area contributed by atoms with Gasteiger partial charge in [0.2, 0.25) is 0 Å². The Balaban J connectivity index is 2.00. The van der Waals surface area contributed by atoms with Gasteiger partial charge in [-0.1, -0.05) is 19.1 Å². The second-order valence-electron chi connectivity index (χ2n) is 4.65. The molecule has 0 saturated heterocycles. The van der Waals surface area contributed by atoms with Crippen LogP contribution in [0.4, 0.5) is 5.69 Å². The molecular weight excluding hydrogens is 248 g/mol. The highest BCUT2D eigenvalue weighted by Gasteiger charge is 2.06. The van der Waals surface area contributed by atoms with E-state index >= 15 is 0 Å². The zero-order valence-electron chi connectivity index (χ0n) is 11.3. The van der Waals surface area contributed by atoms with Crippen LogP contribution in [0.2, 0.25) is 0 Å². The summed E-state index contributed by atoms with van der Waals surface area (Å²) in [6.07, 6.45) is 2.76. The molecular formula is C17H16N2O. The molecule has 0 aliphatic carbocycles. The lowest BCUT2D eigenvalue weighted by Crippen LogP contribution is -1.92.